The van der Waals surface area contributed by atoms with Crippen LogP contribution in [0.5, 0.6) is 0 Å². The monoisotopic (exact) mass is 373 g/mol. The van der Waals surface area contributed by atoms with Crippen molar-refractivity contribution < 1.29 is 14.5 Å². The average Bonchev–Trinajstić information content (AvgIpc) is 3.13. The van der Waals surface area contributed by atoms with Crippen molar-refractivity contribution in [3.05, 3.63) is 51.2 Å². The summed E-state index contributed by atoms with van der Waals surface area (Å²) in [6.45, 7) is 3.44. The molecule has 0 bridgehead atoms. The number of hydrogen-bond acceptors (Lipinski definition) is 7. The number of aromatic nitrogens is 3. The van der Waals surface area contributed by atoms with Crippen molar-refractivity contribution in [2.45, 2.75) is 31.8 Å². The van der Waals surface area contributed by atoms with E-state index in [9.17, 15) is 19.7 Å². The zero-order valence-electron chi connectivity index (χ0n) is 14.1. The minimum atomic E-state index is -0.501. The van der Waals surface area contributed by atoms with Gasteiger partial charge in [0.15, 0.2) is 5.78 Å². The van der Waals surface area contributed by atoms with Gasteiger partial charge in [-0.25, -0.2) is 9.69 Å². The number of fused-ring (bicyclic) bond motifs is 1. The van der Waals surface area contributed by atoms with Gasteiger partial charge in [-0.05, 0) is 23.9 Å². The molecule has 3 rings (SSSR count). The Labute approximate surface area is 152 Å². The Morgan fingerprint density at radius 1 is 1.19 bits per heavy atom. The summed E-state index contributed by atoms with van der Waals surface area (Å²) in [7, 11) is 0. The maximum atomic E-state index is 12.6. The number of nitro groups is 1. The Morgan fingerprint density at radius 2 is 1.88 bits per heavy atom. The molecule has 1 aliphatic heterocycles. The highest BCUT2D eigenvalue weighted by atomic mass is 32.2. The fourth-order valence-electron chi connectivity index (χ4n) is 2.51. The van der Waals surface area contributed by atoms with Gasteiger partial charge in [0, 0.05) is 30.5 Å². The second-order valence-corrected chi connectivity index (χ2v) is 6.36. The Balaban J connectivity index is 2.22. The van der Waals surface area contributed by atoms with E-state index in [0.29, 0.717) is 21.3 Å². The number of hydrogen-bond donors (Lipinski definition) is 0. The van der Waals surface area contributed by atoms with Gasteiger partial charge in [0.25, 0.3) is 5.69 Å². The normalized spacial score (nSPS) is 13.5. The fraction of sp³-hybridized carbons (Fsp3) is 0.250. The smallest absolute Gasteiger partial charge is 0.269 e. The van der Waals surface area contributed by atoms with Gasteiger partial charge < -0.3 is 0 Å². The van der Waals surface area contributed by atoms with E-state index in [1.807, 2.05) is 0 Å². The molecule has 0 saturated heterocycles. The van der Waals surface area contributed by atoms with Crippen LogP contribution >= 0.6 is 11.8 Å². The molecule has 1 amide bonds. The molecule has 1 aromatic carbocycles. The van der Waals surface area contributed by atoms with Gasteiger partial charge in [0.05, 0.1) is 15.5 Å². The summed E-state index contributed by atoms with van der Waals surface area (Å²) in [5.74, 6) is -0.396. The van der Waals surface area contributed by atoms with Gasteiger partial charge >= 0.3 is 0 Å². The van der Waals surface area contributed by atoms with Crippen LogP contribution in [0.3, 0.4) is 0 Å². The number of thioether (sulfide) groups is 1. The quantitative estimate of drug-likeness (QED) is 0.585. The molecule has 2 aromatic rings. The van der Waals surface area contributed by atoms with Gasteiger partial charge in [-0.3, -0.25) is 19.7 Å². The summed E-state index contributed by atoms with van der Waals surface area (Å²) >= 11 is 1.13. The lowest BCUT2D eigenvalue weighted by molar-refractivity contribution is -0.384. The highest BCUT2D eigenvalue weighted by Crippen LogP contribution is 2.39. The number of rotatable bonds is 5. The third kappa shape index (κ3) is 2.99. The van der Waals surface area contributed by atoms with E-state index in [0.717, 1.165) is 11.8 Å². The van der Waals surface area contributed by atoms with Gasteiger partial charge in [0.2, 0.25) is 11.1 Å². The summed E-state index contributed by atoms with van der Waals surface area (Å²) in [6, 6.07) is 5.75. The highest BCUT2D eigenvalue weighted by Gasteiger charge is 2.34. The predicted molar refractivity (Wildman–Crippen MR) is 94.7 cm³/mol. The number of Topliss-reactive ketones (excluding diaryl/α,β-unsaturated/α-hetero) is 1. The Morgan fingerprint density at radius 3 is 2.46 bits per heavy atom. The predicted octanol–water partition coefficient (Wildman–Crippen LogP) is 2.51. The topological polar surface area (TPSA) is 111 Å². The van der Waals surface area contributed by atoms with E-state index >= 15 is 0 Å². The third-order valence-corrected chi connectivity index (χ3v) is 4.88. The van der Waals surface area contributed by atoms with Crippen molar-refractivity contribution in [2.75, 3.05) is 5.01 Å². The summed E-state index contributed by atoms with van der Waals surface area (Å²) in [5.41, 5.74) is 0.844. The van der Waals surface area contributed by atoms with Crippen LogP contribution in [0.2, 0.25) is 0 Å². The van der Waals surface area contributed by atoms with E-state index in [2.05, 4.69) is 10.2 Å². The molecule has 1 aromatic heterocycles. The van der Waals surface area contributed by atoms with Crippen LogP contribution < -0.4 is 5.01 Å². The Bertz CT molecular complexity index is 919. The summed E-state index contributed by atoms with van der Waals surface area (Å²) < 4.78 is 1.49. The zero-order chi connectivity index (χ0) is 18.8. The van der Waals surface area contributed by atoms with Crippen molar-refractivity contribution in [3.8, 4) is 0 Å². The molecule has 1 aliphatic rings. The largest absolute Gasteiger partial charge is 0.294 e. The summed E-state index contributed by atoms with van der Waals surface area (Å²) in [6.07, 6.45) is 1.85. The molecule has 10 heteroatoms. The van der Waals surface area contributed by atoms with Crippen LogP contribution in [-0.2, 0) is 9.59 Å². The maximum absolute atomic E-state index is 12.6. The third-order valence-electron chi connectivity index (χ3n) is 3.80. The number of nitro benzene ring substituents is 1. The van der Waals surface area contributed by atoms with Gasteiger partial charge in [0.1, 0.15) is 6.33 Å². The number of carbonyl (C=O) groups excluding carboxylic acids is 2. The van der Waals surface area contributed by atoms with Crippen molar-refractivity contribution in [3.63, 3.8) is 0 Å². The first-order valence-corrected chi connectivity index (χ1v) is 8.73. The van der Waals surface area contributed by atoms with Crippen LogP contribution in [0.25, 0.3) is 5.70 Å². The number of non-ortho nitro benzene ring substituents is 1. The molecule has 0 aliphatic carbocycles. The molecular formula is C16H15N5O4S. The van der Waals surface area contributed by atoms with Crippen LogP contribution in [0.1, 0.15) is 32.3 Å². The molecule has 0 N–H and O–H groups in total. The summed E-state index contributed by atoms with van der Waals surface area (Å²) in [5, 5.41) is 20.5. The lowest BCUT2D eigenvalue weighted by Gasteiger charge is -2.31. The molecule has 0 radical (unpaired) electrons. The second kappa shape index (κ2) is 7.08. The zero-order valence-corrected chi connectivity index (χ0v) is 14.9. The van der Waals surface area contributed by atoms with Crippen LogP contribution in [-0.4, -0.2) is 31.5 Å². The molecule has 134 valence electrons. The van der Waals surface area contributed by atoms with E-state index < -0.39 is 4.92 Å². The molecule has 26 heavy (non-hydrogen) atoms. The maximum Gasteiger partial charge on any atom is 0.269 e. The van der Waals surface area contributed by atoms with Crippen LogP contribution in [0.15, 0.2) is 40.7 Å². The number of ketones is 1. The lowest BCUT2D eigenvalue weighted by atomic mass is 10.1. The molecule has 0 atom stereocenters. The van der Waals surface area contributed by atoms with E-state index in [4.69, 9.17) is 0 Å². The second-order valence-electron chi connectivity index (χ2n) is 5.38. The average molecular weight is 373 g/mol. The molecular weight excluding hydrogens is 358 g/mol. The molecule has 0 spiro atoms. The first kappa shape index (κ1) is 17.8. The standard InChI is InChI=1S/C16H15N5O4S/c1-3-12(22)15-14(10-5-7-11(8-6-10)21(24)25)20(13(23)4-2)19-9-17-18-16(19)26-15/h5-9H,3-4H2,1-2H3. The minimum absolute atomic E-state index is 0.0699. The van der Waals surface area contributed by atoms with Crippen LogP contribution in [0, 0.1) is 10.1 Å². The van der Waals surface area contributed by atoms with Gasteiger partial charge in [-0.15, -0.1) is 10.2 Å². The fourth-order valence-corrected chi connectivity index (χ4v) is 3.56. The SMILES string of the molecule is CCC(=O)C1=C(c2ccc([N+](=O)[O-])cc2)N(C(=O)CC)n2cnnc2S1. The van der Waals surface area contributed by atoms with Crippen molar-refractivity contribution in [2.24, 2.45) is 0 Å². The first-order chi connectivity index (χ1) is 12.5. The van der Waals surface area contributed by atoms with E-state index in [-0.39, 0.29) is 30.2 Å². The first-order valence-electron chi connectivity index (χ1n) is 7.91. The highest BCUT2D eigenvalue weighted by molar-refractivity contribution is 8.04. The Kier molecular flexibility index (Phi) is 4.85. The van der Waals surface area contributed by atoms with E-state index in [1.54, 1.807) is 13.8 Å². The van der Waals surface area contributed by atoms with Crippen molar-refractivity contribution >= 4 is 34.8 Å². The van der Waals surface area contributed by atoms with E-state index in [1.165, 1.54) is 40.3 Å². The number of carbonyl (C=O) groups is 2. The minimum Gasteiger partial charge on any atom is -0.294 e. The van der Waals surface area contributed by atoms with Gasteiger partial charge in [-0.2, -0.15) is 0 Å². The number of nitrogens with zero attached hydrogens (tertiary/aromatic N) is 5. The van der Waals surface area contributed by atoms with Crippen molar-refractivity contribution in [1.82, 2.24) is 14.9 Å². The molecule has 0 unspecified atom stereocenters. The van der Waals surface area contributed by atoms with Gasteiger partial charge in [-0.1, -0.05) is 13.8 Å². The molecule has 0 saturated carbocycles. The lowest BCUT2D eigenvalue weighted by Crippen LogP contribution is -2.41. The molecule has 9 nitrogen and oxygen atoms in total. The van der Waals surface area contributed by atoms with Crippen LogP contribution in [0.4, 0.5) is 5.69 Å². The molecule has 0 fully saturated rings. The Hall–Kier alpha value is -3.01. The number of amides is 1. The number of allylic oxidation sites excluding steroid dienone is 1. The number of benzene rings is 1. The van der Waals surface area contributed by atoms with Crippen molar-refractivity contribution in [1.29, 1.82) is 0 Å². The summed E-state index contributed by atoms with van der Waals surface area (Å²) in [4.78, 5) is 35.9. The molecule has 2 heterocycles.